The lowest BCUT2D eigenvalue weighted by atomic mass is 10.1. The highest BCUT2D eigenvalue weighted by Crippen LogP contribution is 2.13. The molecule has 0 atom stereocenters. The minimum Gasteiger partial charge on any atom is -0.377 e. The predicted molar refractivity (Wildman–Crippen MR) is 58.3 cm³/mol. The summed E-state index contributed by atoms with van der Waals surface area (Å²) in [6.45, 7) is 4.05. The summed E-state index contributed by atoms with van der Waals surface area (Å²) in [6, 6.07) is 0. The molecule has 0 aromatic heterocycles. The molecule has 13 heavy (non-hydrogen) atoms. The Kier molecular flexibility index (Phi) is 5.78. The Labute approximate surface area is 86.2 Å². The zero-order valence-electron chi connectivity index (χ0n) is 8.33. The second-order valence-electron chi connectivity index (χ2n) is 3.43. The van der Waals surface area contributed by atoms with Crippen molar-refractivity contribution in [1.29, 1.82) is 0 Å². The number of hydrogen-bond donors (Lipinski definition) is 2. The van der Waals surface area contributed by atoms with E-state index in [2.05, 4.69) is 22.8 Å². The summed E-state index contributed by atoms with van der Waals surface area (Å²) in [6.07, 6.45) is 2.79. The highest BCUT2D eigenvalue weighted by molar-refractivity contribution is 7.80. The molecule has 0 saturated carbocycles. The summed E-state index contributed by atoms with van der Waals surface area (Å²) < 4.78 is 5.70. The van der Waals surface area contributed by atoms with Crippen molar-refractivity contribution in [3.63, 3.8) is 0 Å². The van der Waals surface area contributed by atoms with Gasteiger partial charge in [-0.1, -0.05) is 0 Å². The quantitative estimate of drug-likeness (QED) is 0.506. The number of hydrogen-bond acceptors (Lipinski definition) is 4. The molecule has 4 heteroatoms. The van der Waals surface area contributed by atoms with Crippen LogP contribution in [0.15, 0.2) is 0 Å². The average Bonchev–Trinajstić information content (AvgIpc) is 2.19. The van der Waals surface area contributed by atoms with Gasteiger partial charge in [-0.15, -0.1) is 0 Å². The fourth-order valence-corrected chi connectivity index (χ4v) is 1.83. The topological polar surface area (TPSA) is 24.5 Å². The van der Waals surface area contributed by atoms with Crippen molar-refractivity contribution in [3.05, 3.63) is 0 Å². The summed E-state index contributed by atoms with van der Waals surface area (Å²) in [7, 11) is 1.95. The van der Waals surface area contributed by atoms with Gasteiger partial charge in [-0.25, -0.2) is 0 Å². The van der Waals surface area contributed by atoms with Crippen molar-refractivity contribution >= 4 is 12.6 Å². The van der Waals surface area contributed by atoms with Crippen LogP contribution in [0.4, 0.5) is 0 Å². The van der Waals surface area contributed by atoms with Crippen LogP contribution in [0.3, 0.4) is 0 Å². The minimum atomic E-state index is 0.476. The fraction of sp³-hybridized carbons (Fsp3) is 1.00. The van der Waals surface area contributed by atoms with Crippen molar-refractivity contribution in [2.24, 2.45) is 0 Å². The lowest BCUT2D eigenvalue weighted by Crippen LogP contribution is -2.36. The Morgan fingerprint density at radius 2 is 2.15 bits per heavy atom. The number of nitrogens with zero attached hydrogens (tertiary/aromatic N) is 1. The molecule has 1 saturated heterocycles. The zero-order valence-corrected chi connectivity index (χ0v) is 9.22. The smallest absolute Gasteiger partial charge is 0.0600 e. The van der Waals surface area contributed by atoms with E-state index in [1.165, 1.54) is 0 Å². The molecule has 1 N–H and O–H groups in total. The van der Waals surface area contributed by atoms with Gasteiger partial charge < -0.3 is 10.1 Å². The molecule has 0 unspecified atom stereocenters. The summed E-state index contributed by atoms with van der Waals surface area (Å²) in [4.78, 5) is 2.35. The van der Waals surface area contributed by atoms with E-state index >= 15 is 0 Å². The first-order valence-corrected chi connectivity index (χ1v) is 5.59. The van der Waals surface area contributed by atoms with Gasteiger partial charge in [0.05, 0.1) is 12.7 Å². The molecule has 0 aromatic rings. The maximum absolute atomic E-state index is 5.70. The Hall–Kier alpha value is 0.230. The van der Waals surface area contributed by atoms with Crippen LogP contribution in [0.2, 0.25) is 0 Å². The maximum Gasteiger partial charge on any atom is 0.0600 e. The third-order valence-electron chi connectivity index (χ3n) is 2.44. The third-order valence-corrected chi connectivity index (χ3v) is 2.84. The van der Waals surface area contributed by atoms with E-state index in [9.17, 15) is 0 Å². The van der Waals surface area contributed by atoms with E-state index < -0.39 is 0 Å². The molecule has 1 aliphatic heterocycles. The zero-order chi connectivity index (χ0) is 9.52. The molecule has 3 nitrogen and oxygen atoms in total. The van der Waals surface area contributed by atoms with Gasteiger partial charge in [0.15, 0.2) is 0 Å². The highest BCUT2D eigenvalue weighted by Gasteiger charge is 2.17. The molecular formula is C9H20N2OS. The van der Waals surface area contributed by atoms with Crippen LogP contribution in [-0.4, -0.2) is 50.2 Å². The van der Waals surface area contributed by atoms with E-state index in [1.54, 1.807) is 0 Å². The molecule has 0 bridgehead atoms. The average molecular weight is 204 g/mol. The molecule has 0 amide bonds. The van der Waals surface area contributed by atoms with Crippen LogP contribution in [0.1, 0.15) is 12.8 Å². The SMILES string of the molecule is CNCCOC1CCN(CS)CC1. The Morgan fingerprint density at radius 3 is 2.69 bits per heavy atom. The van der Waals surface area contributed by atoms with Crippen molar-refractivity contribution in [2.75, 3.05) is 39.2 Å². The third kappa shape index (κ3) is 4.31. The van der Waals surface area contributed by atoms with Crippen molar-refractivity contribution in [2.45, 2.75) is 18.9 Å². The van der Waals surface area contributed by atoms with Gasteiger partial charge in [0.25, 0.3) is 0 Å². The second-order valence-corrected chi connectivity index (χ2v) is 3.72. The van der Waals surface area contributed by atoms with Gasteiger partial charge in [-0.3, -0.25) is 4.90 Å². The minimum absolute atomic E-state index is 0.476. The molecular weight excluding hydrogens is 184 g/mol. The summed E-state index contributed by atoms with van der Waals surface area (Å²) in [5.41, 5.74) is 0. The molecule has 0 radical (unpaired) electrons. The van der Waals surface area contributed by atoms with E-state index in [-0.39, 0.29) is 0 Å². The van der Waals surface area contributed by atoms with Crippen LogP contribution in [0, 0.1) is 0 Å². The van der Waals surface area contributed by atoms with Crippen molar-refractivity contribution in [3.8, 4) is 0 Å². The number of piperidine rings is 1. The van der Waals surface area contributed by atoms with Gasteiger partial charge in [-0.2, -0.15) is 12.6 Å². The first-order chi connectivity index (χ1) is 6.36. The van der Waals surface area contributed by atoms with Crippen LogP contribution >= 0.6 is 12.6 Å². The van der Waals surface area contributed by atoms with Crippen LogP contribution in [0.5, 0.6) is 0 Å². The van der Waals surface area contributed by atoms with Gasteiger partial charge in [0, 0.05) is 25.5 Å². The fourth-order valence-electron chi connectivity index (χ4n) is 1.55. The molecule has 0 aromatic carbocycles. The molecule has 78 valence electrons. The monoisotopic (exact) mass is 204 g/mol. The number of thiol groups is 1. The lowest BCUT2D eigenvalue weighted by Gasteiger charge is -2.30. The number of nitrogens with one attached hydrogen (secondary N) is 1. The second kappa shape index (κ2) is 6.65. The van der Waals surface area contributed by atoms with Gasteiger partial charge in [0.1, 0.15) is 0 Å². The van der Waals surface area contributed by atoms with Gasteiger partial charge >= 0.3 is 0 Å². The van der Waals surface area contributed by atoms with Gasteiger partial charge in [-0.05, 0) is 19.9 Å². The predicted octanol–water partition coefficient (Wildman–Crippen LogP) is 0.574. The van der Waals surface area contributed by atoms with Crippen molar-refractivity contribution in [1.82, 2.24) is 10.2 Å². The molecule has 1 aliphatic rings. The molecule has 1 fully saturated rings. The normalized spacial score (nSPS) is 20.8. The Morgan fingerprint density at radius 1 is 1.46 bits per heavy atom. The van der Waals surface area contributed by atoms with Gasteiger partial charge in [0.2, 0.25) is 0 Å². The summed E-state index contributed by atoms with van der Waals surface area (Å²) >= 11 is 4.25. The van der Waals surface area contributed by atoms with E-state index in [0.717, 1.165) is 45.0 Å². The summed E-state index contributed by atoms with van der Waals surface area (Å²) in [5.74, 6) is 0.878. The molecule has 1 heterocycles. The Bertz CT molecular complexity index is 124. The largest absolute Gasteiger partial charge is 0.377 e. The standard InChI is InChI=1S/C9H20N2OS/c1-10-4-7-12-9-2-5-11(8-13)6-3-9/h9-10,13H,2-8H2,1H3. The van der Waals surface area contributed by atoms with E-state index in [4.69, 9.17) is 4.74 Å². The number of ether oxygens (including phenoxy) is 1. The highest BCUT2D eigenvalue weighted by atomic mass is 32.1. The first kappa shape index (κ1) is 11.3. The van der Waals surface area contributed by atoms with E-state index in [1.807, 2.05) is 7.05 Å². The first-order valence-electron chi connectivity index (χ1n) is 4.96. The molecule has 1 rings (SSSR count). The number of rotatable bonds is 5. The van der Waals surface area contributed by atoms with Crippen LogP contribution in [0.25, 0.3) is 0 Å². The Balaban J connectivity index is 2.03. The maximum atomic E-state index is 5.70. The lowest BCUT2D eigenvalue weighted by molar-refractivity contribution is 0.0137. The van der Waals surface area contributed by atoms with Crippen molar-refractivity contribution < 1.29 is 4.74 Å². The van der Waals surface area contributed by atoms with Crippen LogP contribution in [-0.2, 0) is 4.74 Å². The molecule has 0 spiro atoms. The molecule has 0 aliphatic carbocycles. The number of likely N-dealkylation sites (tertiary alicyclic amines) is 1. The number of likely N-dealkylation sites (N-methyl/N-ethyl adjacent to an activating group) is 1. The van der Waals surface area contributed by atoms with Crippen LogP contribution < -0.4 is 5.32 Å². The van der Waals surface area contributed by atoms with E-state index in [0.29, 0.717) is 6.10 Å². The summed E-state index contributed by atoms with van der Waals surface area (Å²) in [5, 5.41) is 3.08.